The Kier molecular flexibility index (Phi) is 6.91. The Morgan fingerprint density at radius 3 is 2.52 bits per heavy atom. The van der Waals surface area contributed by atoms with Crippen LogP contribution in [0.3, 0.4) is 0 Å². The Morgan fingerprint density at radius 1 is 1.10 bits per heavy atom. The smallest absolute Gasteiger partial charge is 0.244 e. The number of amides is 1. The van der Waals surface area contributed by atoms with Crippen LogP contribution in [0.4, 0.5) is 5.82 Å². The standard InChI is InChI=1S/C23H26N4O3S/c1-17-7-10-21(11-8-17)27-18(2)16-20(19(27)3)9-12-23(28)25-14-15-31(29,30)26-22-6-4-5-13-24-22/h4-13,16H,14-15H2,1-3H3,(H,24,26)(H,25,28)/b12-9+. The lowest BCUT2D eigenvalue weighted by Crippen LogP contribution is -2.30. The van der Waals surface area contributed by atoms with Crippen molar-refractivity contribution in [3.8, 4) is 5.69 Å². The van der Waals surface area contributed by atoms with Gasteiger partial charge in [0.05, 0.1) is 5.75 Å². The number of rotatable bonds is 8. The highest BCUT2D eigenvalue weighted by atomic mass is 32.2. The molecule has 0 radical (unpaired) electrons. The lowest BCUT2D eigenvalue weighted by Gasteiger charge is -2.10. The van der Waals surface area contributed by atoms with E-state index in [1.54, 1.807) is 24.3 Å². The van der Waals surface area contributed by atoms with E-state index in [2.05, 4.69) is 43.9 Å². The summed E-state index contributed by atoms with van der Waals surface area (Å²) in [6.45, 7) is 6.06. The molecule has 0 saturated carbocycles. The van der Waals surface area contributed by atoms with Crippen LogP contribution in [-0.2, 0) is 14.8 Å². The zero-order valence-electron chi connectivity index (χ0n) is 17.8. The molecule has 1 aromatic carbocycles. The first-order valence-electron chi connectivity index (χ1n) is 9.88. The van der Waals surface area contributed by atoms with Crippen LogP contribution < -0.4 is 10.0 Å². The van der Waals surface area contributed by atoms with Crippen molar-refractivity contribution in [2.24, 2.45) is 0 Å². The van der Waals surface area contributed by atoms with Crippen LogP contribution >= 0.6 is 0 Å². The van der Waals surface area contributed by atoms with Gasteiger partial charge in [0.25, 0.3) is 0 Å². The van der Waals surface area contributed by atoms with Crippen LogP contribution in [0.1, 0.15) is 22.5 Å². The molecule has 162 valence electrons. The molecule has 3 rings (SSSR count). The van der Waals surface area contributed by atoms with Gasteiger partial charge in [-0.05, 0) is 62.7 Å². The molecular formula is C23H26N4O3S. The van der Waals surface area contributed by atoms with Gasteiger partial charge in [-0.25, -0.2) is 13.4 Å². The van der Waals surface area contributed by atoms with Gasteiger partial charge in [0.1, 0.15) is 5.82 Å². The SMILES string of the molecule is Cc1ccc(-n2c(C)cc(/C=C/C(=O)NCCS(=O)(=O)Nc3ccccn3)c2C)cc1. The molecule has 0 aliphatic heterocycles. The van der Waals surface area contributed by atoms with Gasteiger partial charge in [0.15, 0.2) is 0 Å². The fourth-order valence-electron chi connectivity index (χ4n) is 3.21. The van der Waals surface area contributed by atoms with Crippen molar-refractivity contribution in [2.45, 2.75) is 20.8 Å². The van der Waals surface area contributed by atoms with E-state index >= 15 is 0 Å². The van der Waals surface area contributed by atoms with Crippen LogP contribution in [0.5, 0.6) is 0 Å². The van der Waals surface area contributed by atoms with E-state index in [-0.39, 0.29) is 24.0 Å². The molecule has 0 aliphatic rings. The predicted octanol–water partition coefficient (Wildman–Crippen LogP) is 3.37. The van der Waals surface area contributed by atoms with Gasteiger partial charge in [-0.15, -0.1) is 0 Å². The van der Waals surface area contributed by atoms with E-state index < -0.39 is 10.0 Å². The minimum absolute atomic E-state index is 0.00622. The number of benzene rings is 1. The van der Waals surface area contributed by atoms with Crippen molar-refractivity contribution < 1.29 is 13.2 Å². The van der Waals surface area contributed by atoms with Crippen LogP contribution in [0.2, 0.25) is 0 Å². The summed E-state index contributed by atoms with van der Waals surface area (Å²) in [6.07, 6.45) is 4.66. The predicted molar refractivity (Wildman–Crippen MR) is 124 cm³/mol. The first kappa shape index (κ1) is 22.3. The molecule has 7 nitrogen and oxygen atoms in total. The van der Waals surface area contributed by atoms with Crippen LogP contribution in [0, 0.1) is 20.8 Å². The minimum atomic E-state index is -3.59. The van der Waals surface area contributed by atoms with Gasteiger partial charge < -0.3 is 9.88 Å². The average Bonchev–Trinajstić information content (AvgIpc) is 3.01. The Bertz CT molecular complexity index is 1180. The molecule has 0 spiro atoms. The Labute approximate surface area is 182 Å². The van der Waals surface area contributed by atoms with E-state index in [4.69, 9.17) is 0 Å². The van der Waals surface area contributed by atoms with Crippen molar-refractivity contribution in [3.05, 3.63) is 83.3 Å². The number of nitrogens with one attached hydrogen (secondary N) is 2. The molecule has 0 saturated heterocycles. The summed E-state index contributed by atoms with van der Waals surface area (Å²) in [5.74, 6) is -0.351. The topological polar surface area (TPSA) is 93.1 Å². The second-order valence-electron chi connectivity index (χ2n) is 7.26. The number of carbonyl (C=O) groups excluding carboxylic acids is 1. The quantitative estimate of drug-likeness (QED) is 0.528. The number of aromatic nitrogens is 2. The molecule has 1 amide bonds. The Morgan fingerprint density at radius 2 is 1.84 bits per heavy atom. The van der Waals surface area contributed by atoms with Gasteiger partial charge in [-0.3, -0.25) is 9.52 Å². The first-order chi connectivity index (χ1) is 14.7. The van der Waals surface area contributed by atoms with E-state index in [0.717, 1.165) is 22.6 Å². The van der Waals surface area contributed by atoms with E-state index in [0.29, 0.717) is 0 Å². The summed E-state index contributed by atoms with van der Waals surface area (Å²) < 4.78 is 28.7. The second kappa shape index (κ2) is 9.61. The summed E-state index contributed by atoms with van der Waals surface area (Å²) >= 11 is 0. The monoisotopic (exact) mass is 438 g/mol. The molecule has 0 aliphatic carbocycles. The molecule has 31 heavy (non-hydrogen) atoms. The maximum atomic E-state index is 12.1. The first-order valence-corrected chi connectivity index (χ1v) is 11.5. The Hall–Kier alpha value is -3.39. The van der Waals surface area contributed by atoms with Crippen LogP contribution in [0.15, 0.2) is 60.8 Å². The third-order valence-electron chi connectivity index (χ3n) is 4.77. The van der Waals surface area contributed by atoms with Crippen LogP contribution in [0.25, 0.3) is 11.8 Å². The number of nitrogens with zero attached hydrogens (tertiary/aromatic N) is 2. The zero-order valence-corrected chi connectivity index (χ0v) is 18.6. The highest BCUT2D eigenvalue weighted by Crippen LogP contribution is 2.22. The summed E-state index contributed by atoms with van der Waals surface area (Å²) in [7, 11) is -3.59. The molecule has 0 fully saturated rings. The molecule has 0 atom stereocenters. The number of anilines is 1. The lowest BCUT2D eigenvalue weighted by molar-refractivity contribution is -0.116. The normalized spacial score (nSPS) is 11.6. The van der Waals surface area contributed by atoms with Gasteiger partial charge in [0, 0.05) is 35.9 Å². The third kappa shape index (κ3) is 6.05. The Balaban J connectivity index is 1.58. The average molecular weight is 439 g/mol. The van der Waals surface area contributed by atoms with Gasteiger partial charge >= 0.3 is 0 Å². The lowest BCUT2D eigenvalue weighted by atomic mass is 10.2. The van der Waals surface area contributed by atoms with Crippen molar-refractivity contribution in [3.63, 3.8) is 0 Å². The summed E-state index contributed by atoms with van der Waals surface area (Å²) in [4.78, 5) is 16.1. The number of hydrogen-bond donors (Lipinski definition) is 2. The minimum Gasteiger partial charge on any atom is -0.351 e. The summed E-state index contributed by atoms with van der Waals surface area (Å²) in [5.41, 5.74) is 5.27. The molecule has 3 aromatic rings. The van der Waals surface area contributed by atoms with Gasteiger partial charge in [0.2, 0.25) is 15.9 Å². The number of carbonyl (C=O) groups is 1. The van der Waals surface area contributed by atoms with Gasteiger partial charge in [-0.1, -0.05) is 23.8 Å². The van der Waals surface area contributed by atoms with E-state index in [1.807, 2.05) is 26.8 Å². The summed E-state index contributed by atoms with van der Waals surface area (Å²) in [6, 6.07) is 15.2. The van der Waals surface area contributed by atoms with Crippen molar-refractivity contribution in [2.75, 3.05) is 17.0 Å². The molecule has 0 bridgehead atoms. The van der Waals surface area contributed by atoms with Gasteiger partial charge in [-0.2, -0.15) is 0 Å². The van der Waals surface area contributed by atoms with Crippen molar-refractivity contribution in [1.82, 2.24) is 14.9 Å². The van der Waals surface area contributed by atoms with Crippen LogP contribution in [-0.4, -0.2) is 36.2 Å². The maximum absolute atomic E-state index is 12.1. The fraction of sp³-hybridized carbons (Fsp3) is 0.217. The number of aryl methyl sites for hydroxylation is 2. The molecular weight excluding hydrogens is 412 g/mol. The molecule has 2 N–H and O–H groups in total. The molecule has 8 heteroatoms. The fourth-order valence-corrected chi connectivity index (χ4v) is 4.13. The molecule has 2 aromatic heterocycles. The maximum Gasteiger partial charge on any atom is 0.244 e. The molecule has 2 heterocycles. The highest BCUT2D eigenvalue weighted by molar-refractivity contribution is 7.92. The van der Waals surface area contributed by atoms with Crippen molar-refractivity contribution in [1.29, 1.82) is 0 Å². The highest BCUT2D eigenvalue weighted by Gasteiger charge is 2.12. The largest absolute Gasteiger partial charge is 0.351 e. The van der Waals surface area contributed by atoms with Crippen molar-refractivity contribution >= 4 is 27.8 Å². The second-order valence-corrected chi connectivity index (χ2v) is 9.10. The number of hydrogen-bond acceptors (Lipinski definition) is 4. The zero-order chi connectivity index (χ0) is 22.4. The number of pyridine rings is 1. The number of sulfonamides is 1. The third-order valence-corrected chi connectivity index (χ3v) is 6.03. The van der Waals surface area contributed by atoms with E-state index in [9.17, 15) is 13.2 Å². The molecule has 0 unspecified atom stereocenters. The van der Waals surface area contributed by atoms with E-state index in [1.165, 1.54) is 17.8 Å². The summed E-state index contributed by atoms with van der Waals surface area (Å²) in [5, 5.41) is 2.60.